The fraction of sp³-hybridized carbons (Fsp3) is 0.500. The molecule has 7 heteroatoms. The summed E-state index contributed by atoms with van der Waals surface area (Å²) in [6.45, 7) is 1.92. The van der Waals surface area contributed by atoms with Gasteiger partial charge in [0.2, 0.25) is 0 Å². The summed E-state index contributed by atoms with van der Waals surface area (Å²) < 4.78 is 26.0. The Morgan fingerprint density at radius 2 is 2.27 bits per heavy atom. The first-order valence-corrected chi connectivity index (χ1v) is 7.88. The first kappa shape index (κ1) is 13.1. The first-order valence-electron chi connectivity index (χ1n) is 4.42. The molecule has 0 radical (unpaired) electrons. The molecule has 0 saturated heterocycles. The molecule has 86 valence electrons. The first-order chi connectivity index (χ1) is 6.97. The van der Waals surface area contributed by atoms with Crippen LogP contribution in [0.15, 0.2) is 15.9 Å². The number of nitrogens with zero attached hydrogens (tertiary/aromatic N) is 1. The van der Waals surface area contributed by atoms with E-state index in [0.29, 0.717) is 13.1 Å². The van der Waals surface area contributed by atoms with E-state index in [-0.39, 0.29) is 0 Å². The number of hydrogen-bond donors (Lipinski definition) is 1. The molecule has 2 N–H and O–H groups in total. The van der Waals surface area contributed by atoms with E-state index in [1.807, 2.05) is 11.4 Å². The molecule has 0 bridgehead atoms. The minimum atomic E-state index is -3.17. The van der Waals surface area contributed by atoms with Gasteiger partial charge in [0, 0.05) is 6.26 Å². The van der Waals surface area contributed by atoms with Gasteiger partial charge in [-0.25, -0.2) is 8.42 Å². The number of nitrogens with two attached hydrogens (primary N) is 1. The molecule has 1 heterocycles. The molecule has 0 fully saturated rings. The molecule has 15 heavy (non-hydrogen) atoms. The second-order valence-corrected chi connectivity index (χ2v) is 7.34. The Kier molecular flexibility index (Phi) is 5.20. The molecule has 1 aromatic rings. The minimum Gasteiger partial charge on any atom is -0.545 e. The number of quaternary nitrogens is 1. The normalized spacial score (nSPS) is 11.9. The molecule has 0 saturated carbocycles. The highest BCUT2D eigenvalue weighted by atomic mass is 79.9. The van der Waals surface area contributed by atoms with Crippen LogP contribution in [0.5, 0.6) is 0 Å². The van der Waals surface area contributed by atoms with Crippen LogP contribution in [0, 0.1) is 0 Å². The summed E-state index contributed by atoms with van der Waals surface area (Å²) in [7, 11) is -3.17. The van der Waals surface area contributed by atoms with Gasteiger partial charge in [0.25, 0.3) is 0 Å². The van der Waals surface area contributed by atoms with Gasteiger partial charge in [-0.05, 0) is 28.1 Å². The molecule has 1 aromatic heterocycles. The average molecular weight is 313 g/mol. The molecule has 0 aliphatic carbocycles. The maximum atomic E-state index is 10.7. The van der Waals surface area contributed by atoms with Crippen molar-refractivity contribution in [2.24, 2.45) is 0 Å². The molecule has 0 amide bonds. The van der Waals surface area contributed by atoms with Crippen LogP contribution in [0.1, 0.15) is 4.88 Å². The van der Waals surface area contributed by atoms with Crippen LogP contribution in [-0.4, -0.2) is 27.8 Å². The Hall–Kier alpha value is 0.0500. The maximum absolute atomic E-state index is 10.7. The number of rotatable bonds is 6. The Morgan fingerprint density at radius 3 is 2.80 bits per heavy atom. The van der Waals surface area contributed by atoms with E-state index in [1.54, 1.807) is 11.3 Å². The summed E-state index contributed by atoms with van der Waals surface area (Å²) in [5.74, 6) is 0. The van der Waals surface area contributed by atoms with Crippen molar-refractivity contribution in [2.45, 2.75) is 6.54 Å². The van der Waals surface area contributed by atoms with Gasteiger partial charge in [-0.2, -0.15) is 0 Å². The van der Waals surface area contributed by atoms with Crippen LogP contribution < -0.4 is 5.32 Å². The maximum Gasteiger partial charge on any atom is 0.111 e. The Labute approximate surface area is 102 Å². The Balaban J connectivity index is 2.12. The summed E-state index contributed by atoms with van der Waals surface area (Å²) in [6.07, 6.45) is 1.11. The molecular formula is C8H13BrN2O2S2. The largest absolute Gasteiger partial charge is 0.545 e. The SMILES string of the molecule is CS(=O)(=O)[N-]CC[NH2+]Cc1ccc(Br)s1. The van der Waals surface area contributed by atoms with Crippen LogP contribution in [0.4, 0.5) is 0 Å². The highest BCUT2D eigenvalue weighted by Gasteiger charge is 1.98. The number of hydrogen-bond acceptors (Lipinski definition) is 3. The molecule has 0 aliphatic rings. The van der Waals surface area contributed by atoms with Crippen molar-refractivity contribution in [1.29, 1.82) is 0 Å². The van der Waals surface area contributed by atoms with Gasteiger partial charge in [0.1, 0.15) is 6.54 Å². The summed E-state index contributed by atoms with van der Waals surface area (Å²) in [4.78, 5) is 1.27. The predicted octanol–water partition coefficient (Wildman–Crippen LogP) is 0.907. The minimum absolute atomic E-state index is 0.353. The number of halogens is 1. The van der Waals surface area contributed by atoms with Crippen LogP contribution >= 0.6 is 27.3 Å². The van der Waals surface area contributed by atoms with Crippen LogP contribution in [0.3, 0.4) is 0 Å². The van der Waals surface area contributed by atoms with Crippen molar-refractivity contribution in [3.8, 4) is 0 Å². The van der Waals surface area contributed by atoms with E-state index in [9.17, 15) is 8.42 Å². The second-order valence-electron chi connectivity index (χ2n) is 3.07. The highest BCUT2D eigenvalue weighted by molar-refractivity contribution is 9.11. The van der Waals surface area contributed by atoms with E-state index < -0.39 is 10.0 Å². The summed E-state index contributed by atoms with van der Waals surface area (Å²) in [6, 6.07) is 4.06. The quantitative estimate of drug-likeness (QED) is 0.793. The monoisotopic (exact) mass is 312 g/mol. The van der Waals surface area contributed by atoms with Crippen LogP contribution in [0.2, 0.25) is 0 Å². The predicted molar refractivity (Wildman–Crippen MR) is 65.6 cm³/mol. The third-order valence-electron chi connectivity index (χ3n) is 1.63. The van der Waals surface area contributed by atoms with Gasteiger partial charge in [-0.15, -0.1) is 11.3 Å². The molecule has 0 aromatic carbocycles. The summed E-state index contributed by atoms with van der Waals surface area (Å²) >= 11 is 5.08. The molecular weight excluding hydrogens is 300 g/mol. The smallest absolute Gasteiger partial charge is 0.111 e. The van der Waals surface area contributed by atoms with Crippen LogP contribution in [-0.2, 0) is 16.6 Å². The van der Waals surface area contributed by atoms with E-state index >= 15 is 0 Å². The van der Waals surface area contributed by atoms with Crippen molar-refractivity contribution < 1.29 is 13.7 Å². The lowest BCUT2D eigenvalue weighted by Gasteiger charge is -2.14. The lowest BCUT2D eigenvalue weighted by Crippen LogP contribution is -2.83. The Morgan fingerprint density at radius 1 is 1.53 bits per heavy atom. The average Bonchev–Trinajstić information content (AvgIpc) is 2.49. The van der Waals surface area contributed by atoms with Crippen molar-refractivity contribution in [3.63, 3.8) is 0 Å². The van der Waals surface area contributed by atoms with Gasteiger partial charge in [0.15, 0.2) is 0 Å². The van der Waals surface area contributed by atoms with Crippen molar-refractivity contribution in [3.05, 3.63) is 25.5 Å². The lowest BCUT2D eigenvalue weighted by molar-refractivity contribution is -0.667. The molecule has 0 unspecified atom stereocenters. The molecule has 0 aliphatic heterocycles. The highest BCUT2D eigenvalue weighted by Crippen LogP contribution is 2.20. The van der Waals surface area contributed by atoms with E-state index in [0.717, 1.165) is 16.6 Å². The zero-order valence-electron chi connectivity index (χ0n) is 8.31. The third-order valence-corrected chi connectivity index (χ3v) is 3.93. The third kappa shape index (κ3) is 6.26. The molecule has 4 nitrogen and oxygen atoms in total. The van der Waals surface area contributed by atoms with E-state index in [1.165, 1.54) is 4.88 Å². The lowest BCUT2D eigenvalue weighted by atomic mass is 10.4. The van der Waals surface area contributed by atoms with Gasteiger partial charge in [0.05, 0.1) is 25.2 Å². The van der Waals surface area contributed by atoms with Crippen molar-refractivity contribution in [2.75, 3.05) is 19.3 Å². The van der Waals surface area contributed by atoms with Gasteiger partial charge in [-0.3, -0.25) is 0 Å². The fourth-order valence-electron chi connectivity index (χ4n) is 1.02. The Bertz CT molecular complexity index is 403. The van der Waals surface area contributed by atoms with E-state index in [4.69, 9.17) is 0 Å². The van der Waals surface area contributed by atoms with Gasteiger partial charge < -0.3 is 10.0 Å². The zero-order chi connectivity index (χ0) is 11.3. The number of sulfonamides is 1. The topological polar surface area (TPSA) is 64.8 Å². The second kappa shape index (κ2) is 5.95. The van der Waals surface area contributed by atoms with Crippen molar-refractivity contribution >= 4 is 37.3 Å². The molecule has 0 atom stereocenters. The summed E-state index contributed by atoms with van der Waals surface area (Å²) in [5.41, 5.74) is 0. The van der Waals surface area contributed by atoms with E-state index in [2.05, 4.69) is 26.7 Å². The number of thiophene rings is 1. The fourth-order valence-corrected chi connectivity index (χ4v) is 2.93. The molecule has 0 spiro atoms. The van der Waals surface area contributed by atoms with Crippen molar-refractivity contribution in [1.82, 2.24) is 0 Å². The summed E-state index contributed by atoms with van der Waals surface area (Å²) in [5, 5.41) is 2.05. The van der Waals surface area contributed by atoms with Gasteiger partial charge in [-0.1, -0.05) is 6.54 Å². The standard InChI is InChI=1S/C8H12BrN2O2S2/c1-15(12,13)11-5-4-10-6-7-2-3-8(9)14-7/h2-3,10H,4-6H2,1H3/q-1/p+1. The molecule has 1 rings (SSSR count). The zero-order valence-corrected chi connectivity index (χ0v) is 11.5. The van der Waals surface area contributed by atoms with Gasteiger partial charge >= 0.3 is 0 Å². The van der Waals surface area contributed by atoms with Crippen LogP contribution in [0.25, 0.3) is 4.72 Å².